The van der Waals surface area contributed by atoms with Crippen molar-refractivity contribution in [3.63, 3.8) is 0 Å². The lowest BCUT2D eigenvalue weighted by molar-refractivity contribution is -0.0140. The van der Waals surface area contributed by atoms with E-state index in [1.165, 1.54) is 51.4 Å². The maximum Gasteiger partial charge on any atom is 0.0130 e. The second kappa shape index (κ2) is 3.48. The average Bonchev–Trinajstić information content (AvgIpc) is 2.70. The molecule has 0 aromatic rings. The minimum Gasteiger partial charge on any atom is -0.293 e. The summed E-state index contributed by atoms with van der Waals surface area (Å²) in [5.74, 6) is 0. The zero-order valence-electron chi connectivity index (χ0n) is 11.3. The summed E-state index contributed by atoms with van der Waals surface area (Å²) in [5.41, 5.74) is 1.18. The van der Waals surface area contributed by atoms with E-state index < -0.39 is 0 Å². The van der Waals surface area contributed by atoms with Crippen LogP contribution < -0.4 is 0 Å². The Labute approximate surface area is 101 Å². The molecule has 1 aliphatic carbocycles. The predicted molar refractivity (Wildman–Crippen MR) is 68.5 cm³/mol. The maximum atomic E-state index is 2.86. The van der Waals surface area contributed by atoms with Gasteiger partial charge in [0, 0.05) is 17.6 Å². The molecule has 0 N–H and O–H groups in total. The molecule has 2 aliphatic heterocycles. The van der Waals surface area contributed by atoms with E-state index in [2.05, 4.69) is 25.7 Å². The Bertz CT molecular complexity index is 254. The largest absolute Gasteiger partial charge is 0.293 e. The Morgan fingerprint density at radius 1 is 0.938 bits per heavy atom. The van der Waals surface area contributed by atoms with Crippen molar-refractivity contribution >= 4 is 0 Å². The molecule has 1 saturated carbocycles. The molecule has 2 bridgehead atoms. The van der Waals surface area contributed by atoms with E-state index in [0.29, 0.717) is 5.54 Å². The molecule has 0 radical (unpaired) electrons. The van der Waals surface area contributed by atoms with Gasteiger partial charge in [0.2, 0.25) is 0 Å². The third-order valence-corrected chi connectivity index (χ3v) is 5.40. The fraction of sp³-hybridized carbons (Fsp3) is 1.00. The van der Waals surface area contributed by atoms with Gasteiger partial charge in [-0.15, -0.1) is 0 Å². The summed E-state index contributed by atoms with van der Waals surface area (Å²) in [4.78, 5) is 2.86. The highest BCUT2D eigenvalue weighted by Gasteiger charge is 2.51. The molecule has 2 heterocycles. The molecule has 16 heavy (non-hydrogen) atoms. The van der Waals surface area contributed by atoms with Crippen LogP contribution >= 0.6 is 0 Å². The first-order valence-corrected chi connectivity index (χ1v) is 7.29. The van der Waals surface area contributed by atoms with Gasteiger partial charge in [-0.1, -0.05) is 12.8 Å². The Kier molecular flexibility index (Phi) is 2.41. The SMILES string of the molecule is CC(C)(C)N1C2CCC1CC1(CCCC1)C2. The van der Waals surface area contributed by atoms with Gasteiger partial charge in [-0.2, -0.15) is 0 Å². The molecule has 0 amide bonds. The molecule has 2 saturated heterocycles. The Morgan fingerprint density at radius 2 is 1.44 bits per heavy atom. The van der Waals surface area contributed by atoms with Gasteiger partial charge < -0.3 is 0 Å². The van der Waals surface area contributed by atoms with Gasteiger partial charge in [0.15, 0.2) is 0 Å². The topological polar surface area (TPSA) is 3.24 Å². The first-order chi connectivity index (χ1) is 7.50. The molecule has 92 valence electrons. The van der Waals surface area contributed by atoms with E-state index in [1.807, 2.05) is 0 Å². The van der Waals surface area contributed by atoms with Gasteiger partial charge in [0.05, 0.1) is 0 Å². The van der Waals surface area contributed by atoms with Gasteiger partial charge in [-0.25, -0.2) is 0 Å². The van der Waals surface area contributed by atoms with E-state index in [0.717, 1.165) is 17.5 Å². The lowest BCUT2D eigenvalue weighted by atomic mass is 9.72. The summed E-state index contributed by atoms with van der Waals surface area (Å²) in [6.45, 7) is 7.22. The van der Waals surface area contributed by atoms with Gasteiger partial charge in [-0.3, -0.25) is 4.90 Å². The number of nitrogens with zero attached hydrogens (tertiary/aromatic N) is 1. The summed E-state index contributed by atoms with van der Waals surface area (Å²) in [7, 11) is 0. The molecule has 3 aliphatic rings. The molecule has 2 atom stereocenters. The standard InChI is InChI=1S/C15H27N/c1-14(2,3)16-12-6-7-13(16)11-15(10-12)8-4-5-9-15/h12-13H,4-11H2,1-3H3. The van der Waals surface area contributed by atoms with Crippen molar-refractivity contribution in [2.75, 3.05) is 0 Å². The van der Waals surface area contributed by atoms with E-state index in [4.69, 9.17) is 0 Å². The van der Waals surface area contributed by atoms with Crippen molar-refractivity contribution in [1.29, 1.82) is 0 Å². The van der Waals surface area contributed by atoms with Crippen LogP contribution in [0, 0.1) is 5.41 Å². The summed E-state index contributed by atoms with van der Waals surface area (Å²) >= 11 is 0. The summed E-state index contributed by atoms with van der Waals surface area (Å²) < 4.78 is 0. The monoisotopic (exact) mass is 221 g/mol. The van der Waals surface area contributed by atoms with Crippen LogP contribution in [0.25, 0.3) is 0 Å². The second-order valence-corrected chi connectivity index (χ2v) is 7.58. The molecule has 2 unspecified atom stereocenters. The molecule has 1 heteroatoms. The summed E-state index contributed by atoms with van der Waals surface area (Å²) in [6.07, 6.45) is 12.1. The molecule has 0 aromatic carbocycles. The Hall–Kier alpha value is -0.0400. The predicted octanol–water partition coefficient (Wildman–Crippen LogP) is 3.97. The van der Waals surface area contributed by atoms with Gasteiger partial charge >= 0.3 is 0 Å². The molecular weight excluding hydrogens is 194 g/mol. The lowest BCUT2D eigenvalue weighted by Gasteiger charge is -2.50. The van der Waals surface area contributed by atoms with Crippen LogP contribution in [-0.2, 0) is 0 Å². The lowest BCUT2D eigenvalue weighted by Crippen LogP contribution is -2.54. The molecule has 1 spiro atoms. The van der Waals surface area contributed by atoms with Crippen molar-refractivity contribution in [2.24, 2.45) is 5.41 Å². The van der Waals surface area contributed by atoms with Crippen molar-refractivity contribution in [2.45, 2.75) is 89.8 Å². The zero-order chi connectivity index (χ0) is 11.4. The summed E-state index contributed by atoms with van der Waals surface area (Å²) in [5, 5.41) is 0. The van der Waals surface area contributed by atoms with E-state index in [9.17, 15) is 0 Å². The van der Waals surface area contributed by atoms with Crippen molar-refractivity contribution < 1.29 is 0 Å². The number of piperidine rings is 1. The van der Waals surface area contributed by atoms with E-state index in [1.54, 1.807) is 0 Å². The minimum atomic E-state index is 0.395. The van der Waals surface area contributed by atoms with Crippen LogP contribution in [0.4, 0.5) is 0 Å². The fourth-order valence-corrected chi connectivity index (χ4v) is 5.07. The highest BCUT2D eigenvalue weighted by atomic mass is 15.3. The first kappa shape index (κ1) is 11.1. The smallest absolute Gasteiger partial charge is 0.0130 e. The Morgan fingerprint density at radius 3 is 1.88 bits per heavy atom. The quantitative estimate of drug-likeness (QED) is 0.598. The van der Waals surface area contributed by atoms with Gasteiger partial charge in [0.25, 0.3) is 0 Å². The highest BCUT2D eigenvalue weighted by molar-refractivity contribution is 5.05. The highest BCUT2D eigenvalue weighted by Crippen LogP contribution is 2.55. The van der Waals surface area contributed by atoms with Gasteiger partial charge in [-0.05, 0) is 64.7 Å². The zero-order valence-corrected chi connectivity index (χ0v) is 11.3. The van der Waals surface area contributed by atoms with Crippen LogP contribution in [0.2, 0.25) is 0 Å². The first-order valence-electron chi connectivity index (χ1n) is 7.29. The molecule has 3 rings (SSSR count). The number of hydrogen-bond donors (Lipinski definition) is 0. The van der Waals surface area contributed by atoms with Crippen LogP contribution in [0.5, 0.6) is 0 Å². The Balaban J connectivity index is 1.81. The van der Waals surface area contributed by atoms with E-state index >= 15 is 0 Å². The molecule has 0 aromatic heterocycles. The third-order valence-electron chi connectivity index (χ3n) is 5.40. The third kappa shape index (κ3) is 1.63. The van der Waals surface area contributed by atoms with Crippen molar-refractivity contribution in [3.8, 4) is 0 Å². The fourth-order valence-electron chi connectivity index (χ4n) is 5.07. The van der Waals surface area contributed by atoms with Crippen LogP contribution in [0.15, 0.2) is 0 Å². The summed E-state index contributed by atoms with van der Waals surface area (Å²) in [6, 6.07) is 1.83. The van der Waals surface area contributed by atoms with Crippen LogP contribution in [0.3, 0.4) is 0 Å². The normalized spacial score (nSPS) is 38.4. The average molecular weight is 221 g/mol. The molecular formula is C15H27N. The minimum absolute atomic E-state index is 0.395. The van der Waals surface area contributed by atoms with Crippen molar-refractivity contribution in [1.82, 2.24) is 4.90 Å². The molecule has 1 nitrogen and oxygen atoms in total. The van der Waals surface area contributed by atoms with Crippen molar-refractivity contribution in [3.05, 3.63) is 0 Å². The van der Waals surface area contributed by atoms with Crippen LogP contribution in [-0.4, -0.2) is 22.5 Å². The van der Waals surface area contributed by atoms with E-state index in [-0.39, 0.29) is 0 Å². The second-order valence-electron chi connectivity index (χ2n) is 7.58. The van der Waals surface area contributed by atoms with Gasteiger partial charge in [0.1, 0.15) is 0 Å². The number of hydrogen-bond acceptors (Lipinski definition) is 1. The maximum absolute atomic E-state index is 2.86. The number of fused-ring (bicyclic) bond motifs is 2. The number of rotatable bonds is 0. The molecule has 3 fully saturated rings. The van der Waals surface area contributed by atoms with Crippen LogP contribution in [0.1, 0.15) is 72.1 Å².